The maximum atomic E-state index is 15.5. The van der Waals surface area contributed by atoms with Gasteiger partial charge in [0.15, 0.2) is 0 Å². The second kappa shape index (κ2) is 12.3. The van der Waals surface area contributed by atoms with Gasteiger partial charge in [0.25, 0.3) is 5.56 Å². The molecule has 226 valence electrons. The van der Waals surface area contributed by atoms with Crippen LogP contribution in [0.1, 0.15) is 35.1 Å². The number of nitrogens with zero attached hydrogens (tertiary/aromatic N) is 7. The van der Waals surface area contributed by atoms with Gasteiger partial charge in [0.1, 0.15) is 29.9 Å². The smallest absolute Gasteiger partial charge is 0.280 e. The van der Waals surface area contributed by atoms with Crippen LogP contribution in [-0.4, -0.2) is 34.5 Å². The molecule has 0 atom stereocenters. The van der Waals surface area contributed by atoms with Gasteiger partial charge >= 0.3 is 0 Å². The molecule has 4 aromatic heterocycles. The van der Waals surface area contributed by atoms with Crippen molar-refractivity contribution in [2.45, 2.75) is 33.0 Å². The van der Waals surface area contributed by atoms with Crippen molar-refractivity contribution in [1.82, 2.24) is 34.5 Å². The molecule has 0 bridgehead atoms. The van der Waals surface area contributed by atoms with E-state index in [1.807, 2.05) is 17.6 Å². The molecule has 14 heteroatoms. The number of imidazole rings is 1. The van der Waals surface area contributed by atoms with Crippen LogP contribution < -0.4 is 10.3 Å². The number of hydrogen-bond donors (Lipinski definition) is 1. The van der Waals surface area contributed by atoms with Gasteiger partial charge in [-0.2, -0.15) is 10.4 Å². The SMILES string of the molecule is CCn1cncc1Cn1c(Cc2cc(F)c(-c3cccc(OCc4ccc(C#N)cc4F)n3)cc2F)nnc1-c1cc(=O)[nH]o1. The molecule has 0 aliphatic heterocycles. The van der Waals surface area contributed by atoms with E-state index >= 15 is 8.78 Å². The van der Waals surface area contributed by atoms with Crippen LogP contribution in [0.5, 0.6) is 5.88 Å². The second-order valence-corrected chi connectivity index (χ2v) is 9.94. The number of benzene rings is 2. The monoisotopic (exact) mass is 612 g/mol. The number of nitrogens with one attached hydrogen (secondary N) is 1. The highest BCUT2D eigenvalue weighted by molar-refractivity contribution is 5.61. The first-order valence-corrected chi connectivity index (χ1v) is 13.7. The Morgan fingerprint density at radius 3 is 2.62 bits per heavy atom. The third-order valence-electron chi connectivity index (χ3n) is 7.07. The van der Waals surface area contributed by atoms with E-state index in [2.05, 4.69) is 25.3 Å². The van der Waals surface area contributed by atoms with Crippen molar-refractivity contribution in [1.29, 1.82) is 5.26 Å². The molecule has 0 saturated heterocycles. The number of aryl methyl sites for hydroxylation is 1. The number of hydrogen-bond acceptors (Lipinski definition) is 8. The van der Waals surface area contributed by atoms with Crippen LogP contribution in [0.3, 0.4) is 0 Å². The van der Waals surface area contributed by atoms with E-state index in [0.29, 0.717) is 12.4 Å². The van der Waals surface area contributed by atoms with Crippen LogP contribution in [0, 0.1) is 28.8 Å². The molecule has 0 saturated carbocycles. The average molecular weight is 613 g/mol. The van der Waals surface area contributed by atoms with Crippen LogP contribution in [0.2, 0.25) is 0 Å². The molecule has 0 unspecified atom stereocenters. The van der Waals surface area contributed by atoms with Crippen molar-refractivity contribution >= 4 is 0 Å². The fraction of sp³-hybridized carbons (Fsp3) is 0.161. The molecule has 1 N–H and O–H groups in total. The minimum atomic E-state index is -0.735. The maximum absolute atomic E-state index is 15.5. The summed E-state index contributed by atoms with van der Waals surface area (Å²) in [5.41, 5.74) is 0.737. The summed E-state index contributed by atoms with van der Waals surface area (Å²) in [5.74, 6) is -1.31. The average Bonchev–Trinajstić information content (AvgIpc) is 3.78. The number of pyridine rings is 1. The first-order chi connectivity index (χ1) is 21.8. The highest BCUT2D eigenvalue weighted by Crippen LogP contribution is 2.28. The van der Waals surface area contributed by atoms with E-state index in [9.17, 15) is 9.18 Å². The molecule has 45 heavy (non-hydrogen) atoms. The van der Waals surface area contributed by atoms with Gasteiger partial charge in [-0.15, -0.1) is 10.2 Å². The van der Waals surface area contributed by atoms with Crippen molar-refractivity contribution in [3.63, 3.8) is 0 Å². The summed E-state index contributed by atoms with van der Waals surface area (Å²) < 4.78 is 59.6. The molecule has 4 heterocycles. The minimum absolute atomic E-state index is 0.0136. The van der Waals surface area contributed by atoms with Gasteiger partial charge in [0.2, 0.25) is 17.5 Å². The standard InChI is InChI=1S/C31H23F3N8O3/c1-2-41-17-36-14-21(41)15-42-28(38-39-31(42)27-12-29(43)40-45-27)10-20-9-25(34)22(11-24(20)33)26-4-3-5-30(37-26)44-16-19-7-6-18(13-35)8-23(19)32/h3-9,11-12,14,17H,2,10,15-16H2,1H3,(H,40,43). The van der Waals surface area contributed by atoms with Crippen molar-refractivity contribution in [2.75, 3.05) is 0 Å². The van der Waals surface area contributed by atoms with Gasteiger partial charge in [0.05, 0.1) is 42.0 Å². The molecule has 2 aromatic carbocycles. The lowest BCUT2D eigenvalue weighted by atomic mass is 10.0. The molecule has 11 nitrogen and oxygen atoms in total. The summed E-state index contributed by atoms with van der Waals surface area (Å²) in [6.07, 6.45) is 3.21. The van der Waals surface area contributed by atoms with Crippen molar-refractivity contribution in [3.8, 4) is 34.8 Å². The quantitative estimate of drug-likeness (QED) is 0.228. The lowest BCUT2D eigenvalue weighted by molar-refractivity contribution is 0.288. The summed E-state index contributed by atoms with van der Waals surface area (Å²) in [6, 6.07) is 13.8. The van der Waals surface area contributed by atoms with E-state index in [-0.39, 0.29) is 65.0 Å². The Balaban J connectivity index is 1.26. The summed E-state index contributed by atoms with van der Waals surface area (Å²) >= 11 is 0. The number of nitriles is 1. The fourth-order valence-corrected chi connectivity index (χ4v) is 4.76. The van der Waals surface area contributed by atoms with Gasteiger partial charge < -0.3 is 18.4 Å². The molecule has 0 aliphatic rings. The topological polar surface area (TPSA) is 140 Å². The predicted molar refractivity (Wildman–Crippen MR) is 153 cm³/mol. The van der Waals surface area contributed by atoms with Gasteiger partial charge in [-0.1, -0.05) is 12.1 Å². The van der Waals surface area contributed by atoms with E-state index in [1.54, 1.807) is 23.2 Å². The van der Waals surface area contributed by atoms with Crippen molar-refractivity contribution in [2.24, 2.45) is 0 Å². The lowest BCUT2D eigenvalue weighted by Gasteiger charge is -2.12. The highest BCUT2D eigenvalue weighted by atomic mass is 19.1. The number of halogens is 3. The number of aromatic amines is 1. The summed E-state index contributed by atoms with van der Waals surface area (Å²) in [5, 5.41) is 19.5. The van der Waals surface area contributed by atoms with Gasteiger partial charge in [-0.05, 0) is 42.8 Å². The summed E-state index contributed by atoms with van der Waals surface area (Å²) in [4.78, 5) is 20.2. The zero-order valence-electron chi connectivity index (χ0n) is 23.7. The Labute approximate surface area is 253 Å². The first-order valence-electron chi connectivity index (χ1n) is 13.7. The lowest BCUT2D eigenvalue weighted by Crippen LogP contribution is -2.11. The molecular weight excluding hydrogens is 589 g/mol. The van der Waals surface area contributed by atoms with Crippen LogP contribution >= 0.6 is 0 Å². The summed E-state index contributed by atoms with van der Waals surface area (Å²) in [7, 11) is 0. The third kappa shape index (κ3) is 6.09. The zero-order valence-corrected chi connectivity index (χ0v) is 23.7. The molecular formula is C31H23F3N8O3. The van der Waals surface area contributed by atoms with Gasteiger partial charge in [0, 0.05) is 36.4 Å². The number of rotatable bonds is 10. The normalized spacial score (nSPS) is 11.1. The summed E-state index contributed by atoms with van der Waals surface area (Å²) in [6.45, 7) is 2.65. The Morgan fingerprint density at radius 1 is 1.02 bits per heavy atom. The molecule has 0 radical (unpaired) electrons. The molecule has 0 spiro atoms. The highest BCUT2D eigenvalue weighted by Gasteiger charge is 2.21. The molecule has 6 aromatic rings. The third-order valence-corrected chi connectivity index (χ3v) is 7.07. The van der Waals surface area contributed by atoms with Crippen LogP contribution in [0.15, 0.2) is 76.4 Å². The molecule has 0 fully saturated rings. The van der Waals surface area contributed by atoms with Crippen molar-refractivity contribution < 1.29 is 22.4 Å². The van der Waals surface area contributed by atoms with Crippen LogP contribution in [0.25, 0.3) is 22.8 Å². The van der Waals surface area contributed by atoms with Gasteiger partial charge in [-0.25, -0.2) is 23.1 Å². The van der Waals surface area contributed by atoms with E-state index in [0.717, 1.165) is 23.9 Å². The molecule has 0 aliphatic carbocycles. The molecule has 0 amide bonds. The second-order valence-electron chi connectivity index (χ2n) is 9.94. The zero-order chi connectivity index (χ0) is 31.5. The van der Waals surface area contributed by atoms with Crippen LogP contribution in [0.4, 0.5) is 13.2 Å². The van der Waals surface area contributed by atoms with E-state index < -0.39 is 23.0 Å². The van der Waals surface area contributed by atoms with E-state index in [4.69, 9.17) is 14.5 Å². The Hall–Kier alpha value is -5.97. The Kier molecular flexibility index (Phi) is 7.98. The van der Waals surface area contributed by atoms with Crippen LogP contribution in [-0.2, 0) is 26.1 Å². The van der Waals surface area contributed by atoms with Gasteiger partial charge in [-0.3, -0.25) is 4.79 Å². The van der Waals surface area contributed by atoms with E-state index in [1.165, 1.54) is 30.3 Å². The fourth-order valence-electron chi connectivity index (χ4n) is 4.76. The Morgan fingerprint density at radius 2 is 1.87 bits per heavy atom. The number of aromatic nitrogens is 7. The maximum Gasteiger partial charge on any atom is 0.280 e. The number of H-pyrrole nitrogens is 1. The Bertz CT molecular complexity index is 2110. The van der Waals surface area contributed by atoms with Crippen molar-refractivity contribution in [3.05, 3.63) is 123 Å². The largest absolute Gasteiger partial charge is 0.473 e. The minimum Gasteiger partial charge on any atom is -0.473 e. The first kappa shape index (κ1) is 29.1. The predicted octanol–water partition coefficient (Wildman–Crippen LogP) is 5.01. The molecule has 6 rings (SSSR count). The number of ether oxygens (including phenoxy) is 1.